The number of aryl methyl sites for hydroxylation is 2. The normalized spacial score (nSPS) is 30.0. The number of aliphatic hydroxyl groups is 1. The third kappa shape index (κ3) is 4.43. The van der Waals surface area contributed by atoms with Gasteiger partial charge in [-0.2, -0.15) is 0 Å². The molecule has 0 saturated carbocycles. The molecule has 0 aromatic heterocycles. The first kappa shape index (κ1) is 27.3. The zero-order valence-electron chi connectivity index (χ0n) is 23.4. The highest BCUT2D eigenvalue weighted by Gasteiger charge is 2.78. The van der Waals surface area contributed by atoms with Gasteiger partial charge in [-0.05, 0) is 69.2 Å². The Labute approximate surface area is 230 Å². The third-order valence-corrected chi connectivity index (χ3v) is 8.86. The molecule has 8 heteroatoms. The third-order valence-electron chi connectivity index (χ3n) is 8.86. The number of hydrogen-bond acceptors (Lipinski definition) is 5. The van der Waals surface area contributed by atoms with E-state index in [1.54, 1.807) is 17.0 Å². The van der Waals surface area contributed by atoms with E-state index in [0.29, 0.717) is 30.6 Å². The van der Waals surface area contributed by atoms with Crippen LogP contribution in [-0.2, 0) is 19.1 Å². The van der Waals surface area contributed by atoms with Crippen LogP contribution in [0, 0.1) is 31.6 Å². The Balaban J connectivity index is 1.56. The smallest absolute Gasteiger partial charge is 0.250 e. The summed E-state index contributed by atoms with van der Waals surface area (Å²) >= 11 is 0. The van der Waals surface area contributed by atoms with E-state index in [0.717, 1.165) is 11.1 Å². The number of para-hydroxylation sites is 2. The highest BCUT2D eigenvalue weighted by atomic mass is 16.5. The van der Waals surface area contributed by atoms with Crippen LogP contribution in [0.1, 0.15) is 51.2 Å². The lowest BCUT2D eigenvalue weighted by Crippen LogP contribution is -2.56. The minimum Gasteiger partial charge on any atom is -0.394 e. The zero-order chi connectivity index (χ0) is 28.1. The van der Waals surface area contributed by atoms with E-state index in [4.69, 9.17) is 4.74 Å². The summed E-state index contributed by atoms with van der Waals surface area (Å²) in [5, 5.41) is 16.5. The summed E-state index contributed by atoms with van der Waals surface area (Å²) in [7, 11) is 0. The summed E-state index contributed by atoms with van der Waals surface area (Å²) in [6.45, 7) is 9.50. The number of ether oxygens (including phenoxy) is 1. The van der Waals surface area contributed by atoms with Crippen LogP contribution in [0.4, 0.5) is 11.4 Å². The molecule has 2 aromatic carbocycles. The lowest BCUT2D eigenvalue weighted by molar-refractivity contribution is -0.147. The first-order chi connectivity index (χ1) is 18.5. The standard InChI is InChI=1S/C31H39N3O5/c1-18(2)16-22(17-35)34-26(28(37)33-25-19(3)10-9-11-20(25)4)31-15-14-30(5,39-31)23(24(31)29(34)38)27(36)32-21-12-7-6-8-13-21/h6-13,18,22-24,26,35H,14-17H2,1-5H3,(H,32,36)(H,33,37)/t22-,23+,24+,26?,30-,31?/m1/s1. The molecule has 3 fully saturated rings. The van der Waals surface area contributed by atoms with E-state index in [-0.39, 0.29) is 30.2 Å². The van der Waals surface area contributed by atoms with Crippen molar-refractivity contribution in [1.29, 1.82) is 0 Å². The van der Waals surface area contributed by atoms with Crippen LogP contribution in [0.5, 0.6) is 0 Å². The lowest BCUT2D eigenvalue weighted by Gasteiger charge is -2.37. The molecule has 1 spiro atoms. The van der Waals surface area contributed by atoms with E-state index in [1.165, 1.54) is 0 Å². The van der Waals surface area contributed by atoms with Crippen molar-refractivity contribution in [3.8, 4) is 0 Å². The number of rotatable bonds is 8. The second-order valence-corrected chi connectivity index (χ2v) is 12.1. The van der Waals surface area contributed by atoms with Gasteiger partial charge in [0.15, 0.2) is 0 Å². The van der Waals surface area contributed by atoms with E-state index >= 15 is 0 Å². The van der Waals surface area contributed by atoms with Gasteiger partial charge in [0.25, 0.3) is 0 Å². The van der Waals surface area contributed by atoms with Crippen LogP contribution >= 0.6 is 0 Å². The van der Waals surface area contributed by atoms with Crippen LogP contribution < -0.4 is 10.6 Å². The predicted molar refractivity (Wildman–Crippen MR) is 149 cm³/mol. The molecule has 2 aromatic rings. The Hall–Kier alpha value is -3.23. The van der Waals surface area contributed by atoms with Gasteiger partial charge in [0, 0.05) is 11.4 Å². The maximum atomic E-state index is 14.3. The van der Waals surface area contributed by atoms with E-state index < -0.39 is 35.1 Å². The Morgan fingerprint density at radius 3 is 2.31 bits per heavy atom. The highest BCUT2D eigenvalue weighted by molar-refractivity contribution is 6.05. The summed E-state index contributed by atoms with van der Waals surface area (Å²) in [5.41, 5.74) is 1.14. The molecule has 3 aliphatic rings. The van der Waals surface area contributed by atoms with Gasteiger partial charge in [0.1, 0.15) is 11.6 Å². The summed E-state index contributed by atoms with van der Waals surface area (Å²) in [4.78, 5) is 43.9. The summed E-state index contributed by atoms with van der Waals surface area (Å²) in [6, 6.07) is 13.4. The number of anilines is 2. The van der Waals surface area contributed by atoms with Crippen molar-refractivity contribution >= 4 is 29.1 Å². The minimum absolute atomic E-state index is 0.183. The number of fused-ring (bicyclic) bond motifs is 1. The highest BCUT2D eigenvalue weighted by Crippen LogP contribution is 2.63. The number of likely N-dealkylation sites (tertiary alicyclic amines) is 1. The Morgan fingerprint density at radius 1 is 1.03 bits per heavy atom. The fourth-order valence-electron chi connectivity index (χ4n) is 7.22. The molecule has 3 aliphatic heterocycles. The lowest BCUT2D eigenvalue weighted by atomic mass is 9.66. The fourth-order valence-corrected chi connectivity index (χ4v) is 7.22. The number of aliphatic hydroxyl groups excluding tert-OH is 1. The Morgan fingerprint density at radius 2 is 1.69 bits per heavy atom. The van der Waals surface area contributed by atoms with Crippen LogP contribution in [0.3, 0.4) is 0 Å². The monoisotopic (exact) mass is 533 g/mol. The van der Waals surface area contributed by atoms with Crippen molar-refractivity contribution in [1.82, 2.24) is 4.90 Å². The molecule has 3 saturated heterocycles. The van der Waals surface area contributed by atoms with Crippen LogP contribution in [-0.4, -0.2) is 57.6 Å². The molecule has 39 heavy (non-hydrogen) atoms. The quantitative estimate of drug-likeness (QED) is 0.475. The average molecular weight is 534 g/mol. The maximum absolute atomic E-state index is 14.3. The van der Waals surface area contributed by atoms with Gasteiger partial charge in [-0.3, -0.25) is 14.4 Å². The fraction of sp³-hybridized carbons (Fsp3) is 0.516. The van der Waals surface area contributed by atoms with E-state index in [1.807, 2.05) is 71.0 Å². The molecule has 3 amide bonds. The van der Waals surface area contributed by atoms with Crippen LogP contribution in [0.25, 0.3) is 0 Å². The molecule has 0 aliphatic carbocycles. The maximum Gasteiger partial charge on any atom is 0.250 e. The molecule has 5 rings (SSSR count). The summed E-state index contributed by atoms with van der Waals surface area (Å²) in [5.74, 6) is -2.34. The molecule has 8 nitrogen and oxygen atoms in total. The topological polar surface area (TPSA) is 108 Å². The predicted octanol–water partition coefficient (Wildman–Crippen LogP) is 4.05. The molecule has 2 bridgehead atoms. The number of carbonyl (C=O) groups is 3. The minimum atomic E-state index is -1.16. The van der Waals surface area contributed by atoms with Gasteiger partial charge in [-0.1, -0.05) is 50.2 Å². The Bertz CT molecular complexity index is 1260. The second kappa shape index (κ2) is 10.1. The van der Waals surface area contributed by atoms with Gasteiger partial charge in [0.2, 0.25) is 17.7 Å². The van der Waals surface area contributed by atoms with Gasteiger partial charge in [-0.15, -0.1) is 0 Å². The van der Waals surface area contributed by atoms with Crippen molar-refractivity contribution in [2.24, 2.45) is 17.8 Å². The molecule has 2 unspecified atom stereocenters. The number of nitrogens with one attached hydrogen (secondary N) is 2. The van der Waals surface area contributed by atoms with Crippen molar-refractivity contribution in [3.05, 3.63) is 59.7 Å². The largest absolute Gasteiger partial charge is 0.394 e. The zero-order valence-corrected chi connectivity index (χ0v) is 23.4. The number of nitrogens with zero attached hydrogens (tertiary/aromatic N) is 1. The summed E-state index contributed by atoms with van der Waals surface area (Å²) < 4.78 is 6.71. The van der Waals surface area contributed by atoms with Crippen LogP contribution in [0.2, 0.25) is 0 Å². The molecule has 6 atom stereocenters. The SMILES string of the molecule is Cc1cccc(C)c1NC(=O)C1N([C@@H](CO)CC(C)C)C(=O)[C@@H]2[C@@H](C(=O)Nc3ccccc3)[C@@]3(C)CCC12O3. The van der Waals surface area contributed by atoms with Gasteiger partial charge >= 0.3 is 0 Å². The number of benzene rings is 2. The van der Waals surface area contributed by atoms with Crippen LogP contribution in [0.15, 0.2) is 48.5 Å². The average Bonchev–Trinajstić information content (AvgIpc) is 3.46. The molecule has 3 N–H and O–H groups in total. The Kier molecular flexibility index (Phi) is 7.06. The molecule has 3 heterocycles. The first-order valence-electron chi connectivity index (χ1n) is 13.9. The number of hydrogen-bond donors (Lipinski definition) is 3. The van der Waals surface area contributed by atoms with E-state index in [9.17, 15) is 19.5 Å². The summed E-state index contributed by atoms with van der Waals surface area (Å²) in [6.07, 6.45) is 1.56. The number of amides is 3. The second-order valence-electron chi connectivity index (χ2n) is 12.1. The van der Waals surface area contributed by atoms with Gasteiger partial charge < -0.3 is 25.4 Å². The molecular formula is C31H39N3O5. The molecule has 0 radical (unpaired) electrons. The van der Waals surface area contributed by atoms with E-state index in [2.05, 4.69) is 10.6 Å². The molecular weight excluding hydrogens is 494 g/mol. The molecule has 208 valence electrons. The number of carbonyl (C=O) groups excluding carboxylic acids is 3. The van der Waals surface area contributed by atoms with Crippen molar-refractivity contribution in [2.75, 3.05) is 17.2 Å². The van der Waals surface area contributed by atoms with Gasteiger partial charge in [-0.25, -0.2) is 0 Å². The van der Waals surface area contributed by atoms with Crippen molar-refractivity contribution in [2.45, 2.75) is 77.2 Å². The first-order valence-corrected chi connectivity index (χ1v) is 13.9. The van der Waals surface area contributed by atoms with Crippen molar-refractivity contribution in [3.63, 3.8) is 0 Å². The van der Waals surface area contributed by atoms with Crippen molar-refractivity contribution < 1.29 is 24.2 Å². The van der Waals surface area contributed by atoms with Gasteiger partial charge in [0.05, 0.1) is 30.1 Å².